The molecular formula is C14H20N2OS. The number of amides is 1. The van der Waals surface area contributed by atoms with Gasteiger partial charge in [0.25, 0.3) is 5.91 Å². The van der Waals surface area contributed by atoms with E-state index < -0.39 is 0 Å². The van der Waals surface area contributed by atoms with Crippen molar-refractivity contribution in [3.63, 3.8) is 0 Å². The van der Waals surface area contributed by atoms with Gasteiger partial charge < -0.3 is 10.2 Å². The standard InChI is InChI=1S/C14H20N2OS/c1-9-6-13(18-10(9)2)14(17)16-7-11-4-3-5-15-12(11)8-16/h6,11-12,15H,3-5,7-8H2,1-2H3. The van der Waals surface area contributed by atoms with Crippen LogP contribution < -0.4 is 5.32 Å². The third kappa shape index (κ3) is 2.08. The Labute approximate surface area is 112 Å². The molecule has 0 saturated carbocycles. The average molecular weight is 264 g/mol. The molecule has 1 aromatic rings. The van der Waals surface area contributed by atoms with Crippen molar-refractivity contribution in [2.75, 3.05) is 19.6 Å². The fourth-order valence-corrected chi connectivity index (χ4v) is 4.05. The average Bonchev–Trinajstić information content (AvgIpc) is 2.93. The summed E-state index contributed by atoms with van der Waals surface area (Å²) in [6.07, 6.45) is 2.52. The van der Waals surface area contributed by atoms with Crippen LogP contribution in [0.3, 0.4) is 0 Å². The molecule has 1 amide bonds. The molecule has 0 aromatic carbocycles. The van der Waals surface area contributed by atoms with Gasteiger partial charge in [-0.2, -0.15) is 0 Å². The van der Waals surface area contributed by atoms with Crippen LogP contribution in [0, 0.1) is 19.8 Å². The zero-order chi connectivity index (χ0) is 12.7. The van der Waals surface area contributed by atoms with E-state index in [1.807, 2.05) is 11.0 Å². The largest absolute Gasteiger partial charge is 0.336 e. The Balaban J connectivity index is 1.74. The maximum atomic E-state index is 12.5. The number of carbonyl (C=O) groups excluding carboxylic acids is 1. The summed E-state index contributed by atoms with van der Waals surface area (Å²) in [4.78, 5) is 16.7. The van der Waals surface area contributed by atoms with E-state index in [4.69, 9.17) is 0 Å². The molecule has 0 radical (unpaired) electrons. The number of piperidine rings is 1. The summed E-state index contributed by atoms with van der Waals surface area (Å²) >= 11 is 1.63. The first-order valence-electron chi connectivity index (χ1n) is 6.75. The molecule has 3 rings (SSSR count). The van der Waals surface area contributed by atoms with Gasteiger partial charge in [-0.3, -0.25) is 4.79 Å². The molecule has 2 saturated heterocycles. The summed E-state index contributed by atoms with van der Waals surface area (Å²) in [5, 5.41) is 3.54. The van der Waals surface area contributed by atoms with Gasteiger partial charge in [0.2, 0.25) is 0 Å². The van der Waals surface area contributed by atoms with E-state index >= 15 is 0 Å². The molecule has 1 aromatic heterocycles. The molecule has 18 heavy (non-hydrogen) atoms. The molecule has 3 nitrogen and oxygen atoms in total. The number of rotatable bonds is 1. The maximum Gasteiger partial charge on any atom is 0.264 e. The first-order valence-corrected chi connectivity index (χ1v) is 7.56. The lowest BCUT2D eigenvalue weighted by Crippen LogP contribution is -2.41. The first-order chi connectivity index (χ1) is 8.65. The van der Waals surface area contributed by atoms with Crippen LogP contribution in [0.2, 0.25) is 0 Å². The van der Waals surface area contributed by atoms with Gasteiger partial charge in [-0.25, -0.2) is 0 Å². The highest BCUT2D eigenvalue weighted by Crippen LogP contribution is 2.28. The van der Waals surface area contributed by atoms with Crippen LogP contribution in [-0.4, -0.2) is 36.5 Å². The summed E-state index contributed by atoms with van der Waals surface area (Å²) < 4.78 is 0. The van der Waals surface area contributed by atoms with E-state index in [0.717, 1.165) is 24.5 Å². The second-order valence-electron chi connectivity index (χ2n) is 5.52. The summed E-state index contributed by atoms with van der Waals surface area (Å²) in [5.41, 5.74) is 1.23. The SMILES string of the molecule is Cc1cc(C(=O)N2CC3CCCNC3C2)sc1C. The number of aryl methyl sites for hydroxylation is 2. The van der Waals surface area contributed by atoms with E-state index in [0.29, 0.717) is 12.0 Å². The van der Waals surface area contributed by atoms with E-state index in [-0.39, 0.29) is 5.91 Å². The Kier molecular flexibility index (Phi) is 3.16. The third-order valence-electron chi connectivity index (χ3n) is 4.26. The lowest BCUT2D eigenvalue weighted by atomic mass is 9.94. The minimum absolute atomic E-state index is 0.229. The molecule has 2 atom stereocenters. The fraction of sp³-hybridized carbons (Fsp3) is 0.643. The Morgan fingerprint density at radius 2 is 2.28 bits per heavy atom. The van der Waals surface area contributed by atoms with Crippen molar-refractivity contribution in [1.82, 2.24) is 10.2 Å². The minimum atomic E-state index is 0.229. The smallest absolute Gasteiger partial charge is 0.264 e. The quantitative estimate of drug-likeness (QED) is 0.843. The molecule has 3 heterocycles. The summed E-state index contributed by atoms with van der Waals surface area (Å²) in [7, 11) is 0. The Bertz CT molecular complexity index is 435. The van der Waals surface area contributed by atoms with Crippen molar-refractivity contribution in [3.8, 4) is 0 Å². The van der Waals surface area contributed by atoms with Crippen LogP contribution in [0.15, 0.2) is 6.07 Å². The lowest BCUT2D eigenvalue weighted by Gasteiger charge is -2.24. The number of fused-ring (bicyclic) bond motifs is 1. The van der Waals surface area contributed by atoms with E-state index in [9.17, 15) is 4.79 Å². The zero-order valence-electron chi connectivity index (χ0n) is 11.0. The number of nitrogens with zero attached hydrogens (tertiary/aromatic N) is 1. The number of hydrogen-bond acceptors (Lipinski definition) is 3. The molecule has 0 spiro atoms. The van der Waals surface area contributed by atoms with Gasteiger partial charge in [0.15, 0.2) is 0 Å². The maximum absolute atomic E-state index is 12.5. The Hall–Kier alpha value is -0.870. The van der Waals surface area contributed by atoms with Gasteiger partial charge in [-0.15, -0.1) is 11.3 Å². The Morgan fingerprint density at radius 1 is 1.44 bits per heavy atom. The van der Waals surface area contributed by atoms with Crippen molar-refractivity contribution >= 4 is 17.2 Å². The van der Waals surface area contributed by atoms with Crippen LogP contribution in [0.25, 0.3) is 0 Å². The molecule has 0 aliphatic carbocycles. The minimum Gasteiger partial charge on any atom is -0.336 e. The van der Waals surface area contributed by atoms with Crippen LogP contribution in [-0.2, 0) is 0 Å². The highest BCUT2D eigenvalue weighted by molar-refractivity contribution is 7.14. The molecule has 98 valence electrons. The van der Waals surface area contributed by atoms with Crippen molar-refractivity contribution in [2.24, 2.45) is 5.92 Å². The fourth-order valence-electron chi connectivity index (χ4n) is 3.05. The van der Waals surface area contributed by atoms with Crippen LogP contribution in [0.5, 0.6) is 0 Å². The van der Waals surface area contributed by atoms with Gasteiger partial charge in [0, 0.05) is 24.0 Å². The summed E-state index contributed by atoms with van der Waals surface area (Å²) in [5.74, 6) is 0.900. The molecule has 2 fully saturated rings. The normalized spacial score (nSPS) is 27.3. The molecule has 1 N–H and O–H groups in total. The molecule has 0 bridgehead atoms. The van der Waals surface area contributed by atoms with Crippen molar-refractivity contribution in [3.05, 3.63) is 21.4 Å². The number of likely N-dealkylation sites (tertiary alicyclic amines) is 1. The van der Waals surface area contributed by atoms with Crippen LogP contribution >= 0.6 is 11.3 Å². The number of thiophene rings is 1. The van der Waals surface area contributed by atoms with Crippen LogP contribution in [0.1, 0.15) is 33.0 Å². The predicted molar refractivity (Wildman–Crippen MR) is 74.2 cm³/mol. The van der Waals surface area contributed by atoms with Gasteiger partial charge in [0.1, 0.15) is 0 Å². The summed E-state index contributed by atoms with van der Waals surface area (Å²) in [6, 6.07) is 2.57. The number of carbonyl (C=O) groups is 1. The number of hydrogen-bond donors (Lipinski definition) is 1. The highest BCUT2D eigenvalue weighted by atomic mass is 32.1. The topological polar surface area (TPSA) is 32.3 Å². The van der Waals surface area contributed by atoms with Gasteiger partial charge >= 0.3 is 0 Å². The molecular weight excluding hydrogens is 244 g/mol. The van der Waals surface area contributed by atoms with Crippen LogP contribution in [0.4, 0.5) is 0 Å². The Morgan fingerprint density at radius 3 is 2.94 bits per heavy atom. The van der Waals surface area contributed by atoms with Crippen molar-refractivity contribution in [2.45, 2.75) is 32.7 Å². The van der Waals surface area contributed by atoms with E-state index in [1.54, 1.807) is 11.3 Å². The molecule has 2 unspecified atom stereocenters. The van der Waals surface area contributed by atoms with Crippen molar-refractivity contribution in [1.29, 1.82) is 0 Å². The van der Waals surface area contributed by atoms with Gasteiger partial charge in [0.05, 0.1) is 4.88 Å². The summed E-state index contributed by atoms with van der Waals surface area (Å²) in [6.45, 7) is 7.10. The van der Waals surface area contributed by atoms with Gasteiger partial charge in [-0.1, -0.05) is 0 Å². The molecule has 2 aliphatic heterocycles. The number of nitrogens with one attached hydrogen (secondary N) is 1. The van der Waals surface area contributed by atoms with E-state index in [1.165, 1.54) is 23.3 Å². The van der Waals surface area contributed by atoms with Gasteiger partial charge in [-0.05, 0) is 50.8 Å². The van der Waals surface area contributed by atoms with E-state index in [2.05, 4.69) is 19.2 Å². The molecule has 2 aliphatic rings. The second-order valence-corrected chi connectivity index (χ2v) is 6.78. The third-order valence-corrected chi connectivity index (χ3v) is 5.40. The monoisotopic (exact) mass is 264 g/mol. The lowest BCUT2D eigenvalue weighted by molar-refractivity contribution is 0.0790. The first kappa shape index (κ1) is 12.2. The second kappa shape index (κ2) is 4.67. The van der Waals surface area contributed by atoms with Crippen molar-refractivity contribution < 1.29 is 4.79 Å². The predicted octanol–water partition coefficient (Wildman–Crippen LogP) is 2.19. The highest BCUT2D eigenvalue weighted by Gasteiger charge is 2.36. The molecule has 4 heteroatoms. The zero-order valence-corrected chi connectivity index (χ0v) is 11.8.